The number of nitrogens with zero attached hydrogens (tertiary/aromatic N) is 1. The lowest BCUT2D eigenvalue weighted by atomic mass is 9.87. The Morgan fingerprint density at radius 1 is 1.56 bits per heavy atom. The number of aromatic amines is 1. The third kappa shape index (κ3) is 5.47. The lowest BCUT2D eigenvalue weighted by molar-refractivity contribution is -0.137. The van der Waals surface area contributed by atoms with E-state index in [1.54, 1.807) is 0 Å². The molecule has 0 aliphatic carbocycles. The van der Waals surface area contributed by atoms with Crippen molar-refractivity contribution in [3.63, 3.8) is 0 Å². The predicted molar refractivity (Wildman–Crippen MR) is 68.6 cm³/mol. The summed E-state index contributed by atoms with van der Waals surface area (Å²) < 4.78 is 0. The molecule has 1 rings (SSSR count). The second-order valence-corrected chi connectivity index (χ2v) is 5.50. The minimum atomic E-state index is -0.874. The Bertz CT molecular complexity index is 462. The molecular weight excluding hydrogens is 234 g/mol. The van der Waals surface area contributed by atoms with E-state index in [1.165, 1.54) is 12.4 Å². The fourth-order valence-electron chi connectivity index (χ4n) is 1.78. The first-order chi connectivity index (χ1) is 8.26. The van der Waals surface area contributed by atoms with Crippen molar-refractivity contribution in [2.24, 2.45) is 5.41 Å². The van der Waals surface area contributed by atoms with Gasteiger partial charge in [-0.2, -0.15) is 0 Å². The van der Waals surface area contributed by atoms with E-state index in [-0.39, 0.29) is 23.4 Å². The van der Waals surface area contributed by atoms with Crippen molar-refractivity contribution < 1.29 is 9.90 Å². The SMILES string of the molecule is CC(C)(C)CC(CC(=O)O)Nc1cc(=O)[nH]cn1. The van der Waals surface area contributed by atoms with E-state index < -0.39 is 5.97 Å². The molecule has 1 aromatic heterocycles. The molecule has 0 radical (unpaired) electrons. The number of aliphatic carboxylic acids is 1. The van der Waals surface area contributed by atoms with E-state index in [4.69, 9.17) is 5.11 Å². The van der Waals surface area contributed by atoms with E-state index in [0.717, 1.165) is 0 Å². The van der Waals surface area contributed by atoms with E-state index in [0.29, 0.717) is 12.2 Å². The number of rotatable bonds is 5. The van der Waals surface area contributed by atoms with Crippen LogP contribution in [-0.4, -0.2) is 27.1 Å². The number of nitrogens with one attached hydrogen (secondary N) is 2. The molecule has 6 nitrogen and oxygen atoms in total. The summed E-state index contributed by atoms with van der Waals surface area (Å²) in [5.74, 6) is -0.476. The number of anilines is 1. The van der Waals surface area contributed by atoms with Crippen molar-refractivity contribution in [1.82, 2.24) is 9.97 Å². The normalized spacial score (nSPS) is 13.1. The summed E-state index contributed by atoms with van der Waals surface area (Å²) in [6.45, 7) is 6.11. The van der Waals surface area contributed by atoms with Crippen LogP contribution in [0.2, 0.25) is 0 Å². The lowest BCUT2D eigenvalue weighted by Crippen LogP contribution is -2.29. The van der Waals surface area contributed by atoms with Gasteiger partial charge in [-0.3, -0.25) is 9.59 Å². The van der Waals surface area contributed by atoms with Crippen molar-refractivity contribution in [2.75, 3.05) is 5.32 Å². The van der Waals surface area contributed by atoms with Crippen LogP contribution in [0.25, 0.3) is 0 Å². The summed E-state index contributed by atoms with van der Waals surface area (Å²) >= 11 is 0. The molecule has 3 N–H and O–H groups in total. The molecule has 0 amide bonds. The Morgan fingerprint density at radius 2 is 2.22 bits per heavy atom. The maximum Gasteiger partial charge on any atom is 0.305 e. The quantitative estimate of drug-likeness (QED) is 0.738. The van der Waals surface area contributed by atoms with Crippen LogP contribution in [-0.2, 0) is 4.79 Å². The molecule has 1 heterocycles. The molecule has 100 valence electrons. The lowest BCUT2D eigenvalue weighted by Gasteiger charge is -2.26. The third-order valence-corrected chi connectivity index (χ3v) is 2.31. The second-order valence-electron chi connectivity index (χ2n) is 5.50. The summed E-state index contributed by atoms with van der Waals surface area (Å²) in [6.07, 6.45) is 1.96. The Kier molecular flexibility index (Phi) is 4.47. The zero-order valence-electron chi connectivity index (χ0n) is 10.9. The van der Waals surface area contributed by atoms with Crippen LogP contribution in [0.15, 0.2) is 17.2 Å². The van der Waals surface area contributed by atoms with Gasteiger partial charge in [0.15, 0.2) is 0 Å². The molecule has 1 unspecified atom stereocenters. The molecule has 0 aliphatic rings. The van der Waals surface area contributed by atoms with Gasteiger partial charge in [0.1, 0.15) is 5.82 Å². The molecular formula is C12H19N3O3. The van der Waals surface area contributed by atoms with Gasteiger partial charge in [-0.15, -0.1) is 0 Å². The van der Waals surface area contributed by atoms with Gasteiger partial charge in [-0.05, 0) is 11.8 Å². The standard InChI is InChI=1S/C12H19N3O3/c1-12(2,3)6-8(4-11(17)18)15-9-5-10(16)14-7-13-9/h5,7-8H,4,6H2,1-3H3,(H,17,18)(H2,13,14,15,16). The minimum Gasteiger partial charge on any atom is -0.481 e. The first-order valence-corrected chi connectivity index (χ1v) is 5.79. The first kappa shape index (κ1) is 14.2. The molecule has 1 aromatic rings. The molecule has 0 saturated carbocycles. The highest BCUT2D eigenvalue weighted by atomic mass is 16.4. The maximum atomic E-state index is 11.1. The van der Waals surface area contributed by atoms with E-state index in [1.807, 2.05) is 20.8 Å². The van der Waals surface area contributed by atoms with Gasteiger partial charge in [0.05, 0.1) is 12.7 Å². The Morgan fingerprint density at radius 3 is 2.72 bits per heavy atom. The largest absolute Gasteiger partial charge is 0.481 e. The van der Waals surface area contributed by atoms with Gasteiger partial charge in [-0.1, -0.05) is 20.8 Å². The number of carbonyl (C=O) groups is 1. The summed E-state index contributed by atoms with van der Waals surface area (Å²) in [7, 11) is 0. The molecule has 0 saturated heterocycles. The van der Waals surface area contributed by atoms with Crippen LogP contribution < -0.4 is 10.9 Å². The fraction of sp³-hybridized carbons (Fsp3) is 0.583. The van der Waals surface area contributed by atoms with Crippen LogP contribution in [0.3, 0.4) is 0 Å². The molecule has 6 heteroatoms. The molecule has 18 heavy (non-hydrogen) atoms. The van der Waals surface area contributed by atoms with Crippen LogP contribution in [0.1, 0.15) is 33.6 Å². The molecule has 0 aliphatic heterocycles. The highest BCUT2D eigenvalue weighted by Gasteiger charge is 2.21. The number of aromatic nitrogens is 2. The molecule has 0 spiro atoms. The summed E-state index contributed by atoms with van der Waals surface area (Å²) in [5.41, 5.74) is -0.272. The molecule has 1 atom stereocenters. The molecule has 0 fully saturated rings. The van der Waals surface area contributed by atoms with Gasteiger partial charge < -0.3 is 15.4 Å². The summed E-state index contributed by atoms with van der Waals surface area (Å²) in [4.78, 5) is 28.3. The van der Waals surface area contributed by atoms with Gasteiger partial charge in [0.25, 0.3) is 5.56 Å². The van der Waals surface area contributed by atoms with Gasteiger partial charge in [0, 0.05) is 12.1 Å². The number of hydrogen-bond donors (Lipinski definition) is 3. The van der Waals surface area contributed by atoms with E-state index >= 15 is 0 Å². The maximum absolute atomic E-state index is 11.1. The van der Waals surface area contributed by atoms with E-state index in [9.17, 15) is 9.59 Å². The van der Waals surface area contributed by atoms with Crippen molar-refractivity contribution >= 4 is 11.8 Å². The van der Waals surface area contributed by atoms with Crippen molar-refractivity contribution in [1.29, 1.82) is 0 Å². The van der Waals surface area contributed by atoms with Crippen LogP contribution >= 0.6 is 0 Å². The smallest absolute Gasteiger partial charge is 0.305 e. The fourth-order valence-corrected chi connectivity index (χ4v) is 1.78. The Balaban J connectivity index is 2.78. The van der Waals surface area contributed by atoms with Crippen LogP contribution in [0.5, 0.6) is 0 Å². The first-order valence-electron chi connectivity index (χ1n) is 5.79. The number of hydrogen-bond acceptors (Lipinski definition) is 4. The highest BCUT2D eigenvalue weighted by molar-refractivity contribution is 5.68. The monoisotopic (exact) mass is 253 g/mol. The minimum absolute atomic E-state index is 0.00564. The van der Waals surface area contributed by atoms with Crippen LogP contribution in [0, 0.1) is 5.41 Å². The van der Waals surface area contributed by atoms with Crippen molar-refractivity contribution in [3.05, 3.63) is 22.7 Å². The number of carboxylic acids is 1. The third-order valence-electron chi connectivity index (χ3n) is 2.31. The summed E-state index contributed by atoms with van der Waals surface area (Å²) in [5, 5.41) is 11.9. The average Bonchev–Trinajstić information content (AvgIpc) is 2.12. The number of carboxylic acid groups (broad SMARTS) is 1. The topological polar surface area (TPSA) is 95.1 Å². The number of H-pyrrole nitrogens is 1. The van der Waals surface area contributed by atoms with Crippen LogP contribution in [0.4, 0.5) is 5.82 Å². The molecule has 0 aromatic carbocycles. The van der Waals surface area contributed by atoms with Gasteiger partial charge in [0.2, 0.25) is 0 Å². The zero-order chi connectivity index (χ0) is 13.8. The second kappa shape index (κ2) is 5.66. The highest BCUT2D eigenvalue weighted by Crippen LogP contribution is 2.23. The molecule has 0 bridgehead atoms. The Labute approximate surface area is 105 Å². The van der Waals surface area contributed by atoms with Gasteiger partial charge >= 0.3 is 5.97 Å². The zero-order valence-corrected chi connectivity index (χ0v) is 10.9. The van der Waals surface area contributed by atoms with Crippen molar-refractivity contribution in [2.45, 2.75) is 39.7 Å². The Hall–Kier alpha value is -1.85. The van der Waals surface area contributed by atoms with Crippen molar-refractivity contribution in [3.8, 4) is 0 Å². The van der Waals surface area contributed by atoms with Gasteiger partial charge in [-0.25, -0.2) is 4.98 Å². The van der Waals surface area contributed by atoms with E-state index in [2.05, 4.69) is 15.3 Å². The summed E-state index contributed by atoms with van der Waals surface area (Å²) in [6, 6.07) is 1.06. The predicted octanol–water partition coefficient (Wildman–Crippen LogP) is 1.46. The average molecular weight is 253 g/mol.